The molecule has 0 bridgehead atoms. The van der Waals surface area contributed by atoms with E-state index in [9.17, 15) is 9.18 Å². The number of nitrogens with one attached hydrogen (secondary N) is 1. The minimum absolute atomic E-state index is 0.0634. The maximum absolute atomic E-state index is 14.7. The molecular formula is C25H25FN6O. The number of carbonyl (C=O) groups excluding carboxylic acids is 1. The van der Waals surface area contributed by atoms with Gasteiger partial charge in [0.2, 0.25) is 5.65 Å². The standard InChI is InChI=1S/C25H25FN6O/c1-17-4-6-19(7-5-17)20-8-9-21(22(26)13-20)25(33)28-14-18-3-2-11-31(15-18)23-24-30-29-16-32(24)12-10-27-23/h4-10,12-13,16,18H,2-3,11,14-15H2,1H3,(H,28,33)/t18-/m0/s1. The number of benzene rings is 2. The largest absolute Gasteiger partial charge is 0.353 e. The van der Waals surface area contributed by atoms with Gasteiger partial charge in [0.05, 0.1) is 5.56 Å². The molecule has 1 saturated heterocycles. The second kappa shape index (κ2) is 8.97. The molecule has 0 aliphatic carbocycles. The van der Waals surface area contributed by atoms with Crippen LogP contribution in [0.2, 0.25) is 0 Å². The second-order valence-electron chi connectivity index (χ2n) is 8.54. The van der Waals surface area contributed by atoms with Crippen molar-refractivity contribution in [2.75, 3.05) is 24.5 Å². The molecule has 0 saturated carbocycles. The SMILES string of the molecule is Cc1ccc(-c2ccc(C(=O)NC[C@@H]3CCCN(c4nccn5cnnc45)C3)c(F)c2)cc1. The van der Waals surface area contributed by atoms with Crippen LogP contribution in [0.3, 0.4) is 0 Å². The number of piperidine rings is 1. The van der Waals surface area contributed by atoms with E-state index in [1.807, 2.05) is 41.8 Å². The number of carbonyl (C=O) groups is 1. The lowest BCUT2D eigenvalue weighted by Gasteiger charge is -2.33. The molecule has 1 fully saturated rings. The summed E-state index contributed by atoms with van der Waals surface area (Å²) in [5.41, 5.74) is 3.60. The van der Waals surface area contributed by atoms with E-state index in [1.54, 1.807) is 24.7 Å². The number of rotatable bonds is 5. The fourth-order valence-corrected chi connectivity index (χ4v) is 4.35. The Morgan fingerprint density at radius 1 is 1.18 bits per heavy atom. The molecule has 1 aliphatic heterocycles. The monoisotopic (exact) mass is 444 g/mol. The van der Waals surface area contributed by atoms with Crippen LogP contribution in [-0.2, 0) is 0 Å². The fourth-order valence-electron chi connectivity index (χ4n) is 4.35. The van der Waals surface area contributed by atoms with Gasteiger partial charge >= 0.3 is 0 Å². The molecule has 1 N–H and O–H groups in total. The number of nitrogens with zero attached hydrogens (tertiary/aromatic N) is 5. The smallest absolute Gasteiger partial charge is 0.254 e. The van der Waals surface area contributed by atoms with Crippen LogP contribution < -0.4 is 10.2 Å². The summed E-state index contributed by atoms with van der Waals surface area (Å²) in [5.74, 6) is 0.127. The second-order valence-corrected chi connectivity index (χ2v) is 8.54. The van der Waals surface area contributed by atoms with Crippen LogP contribution in [0, 0.1) is 18.7 Å². The molecule has 5 rings (SSSR count). The molecule has 8 heteroatoms. The molecule has 1 aliphatic rings. The van der Waals surface area contributed by atoms with E-state index in [4.69, 9.17) is 0 Å². The van der Waals surface area contributed by atoms with Crippen LogP contribution in [0.5, 0.6) is 0 Å². The first kappa shape index (κ1) is 21.1. The van der Waals surface area contributed by atoms with Crippen LogP contribution in [-0.4, -0.2) is 45.1 Å². The van der Waals surface area contributed by atoms with Crippen LogP contribution in [0.1, 0.15) is 28.8 Å². The van der Waals surface area contributed by atoms with Crippen LogP contribution in [0.15, 0.2) is 61.2 Å². The van der Waals surface area contributed by atoms with Gasteiger partial charge < -0.3 is 10.2 Å². The predicted octanol–water partition coefficient (Wildman–Crippen LogP) is 3.89. The fraction of sp³-hybridized carbons (Fsp3) is 0.280. The number of aryl methyl sites for hydroxylation is 1. The van der Waals surface area contributed by atoms with E-state index in [0.717, 1.165) is 54.1 Å². The summed E-state index contributed by atoms with van der Waals surface area (Å²) < 4.78 is 16.6. The molecular weight excluding hydrogens is 419 g/mol. The van der Waals surface area contributed by atoms with Gasteiger partial charge in [0, 0.05) is 32.0 Å². The van der Waals surface area contributed by atoms with Gasteiger partial charge in [0.1, 0.15) is 12.1 Å². The van der Waals surface area contributed by atoms with Gasteiger partial charge in [-0.25, -0.2) is 9.37 Å². The summed E-state index contributed by atoms with van der Waals surface area (Å²) in [6, 6.07) is 12.6. The lowest BCUT2D eigenvalue weighted by molar-refractivity contribution is 0.0941. The van der Waals surface area contributed by atoms with Crippen molar-refractivity contribution in [3.8, 4) is 11.1 Å². The lowest BCUT2D eigenvalue weighted by Crippen LogP contribution is -2.41. The Labute approximate surface area is 191 Å². The van der Waals surface area contributed by atoms with Crippen molar-refractivity contribution in [1.29, 1.82) is 0 Å². The van der Waals surface area contributed by atoms with Gasteiger partial charge in [-0.15, -0.1) is 10.2 Å². The zero-order valence-electron chi connectivity index (χ0n) is 18.4. The van der Waals surface area contributed by atoms with Crippen LogP contribution >= 0.6 is 0 Å². The van der Waals surface area contributed by atoms with Crippen molar-refractivity contribution in [1.82, 2.24) is 24.9 Å². The Hall–Kier alpha value is -3.81. The first-order valence-corrected chi connectivity index (χ1v) is 11.1. The van der Waals surface area contributed by atoms with Crippen molar-refractivity contribution in [2.24, 2.45) is 5.92 Å². The highest BCUT2D eigenvalue weighted by Gasteiger charge is 2.24. The van der Waals surface area contributed by atoms with E-state index in [0.29, 0.717) is 6.54 Å². The molecule has 3 heterocycles. The molecule has 4 aromatic rings. The highest BCUT2D eigenvalue weighted by Crippen LogP contribution is 2.25. The maximum Gasteiger partial charge on any atom is 0.254 e. The average Bonchev–Trinajstić information content (AvgIpc) is 3.32. The van der Waals surface area contributed by atoms with Crippen molar-refractivity contribution in [2.45, 2.75) is 19.8 Å². The minimum Gasteiger partial charge on any atom is -0.353 e. The molecule has 7 nitrogen and oxygen atoms in total. The minimum atomic E-state index is -0.515. The number of hydrogen-bond acceptors (Lipinski definition) is 5. The Morgan fingerprint density at radius 3 is 2.82 bits per heavy atom. The Morgan fingerprint density at radius 2 is 2.00 bits per heavy atom. The molecule has 2 aromatic carbocycles. The highest BCUT2D eigenvalue weighted by atomic mass is 19.1. The number of halogens is 1. The van der Waals surface area contributed by atoms with E-state index < -0.39 is 11.7 Å². The van der Waals surface area contributed by atoms with E-state index in [1.165, 1.54) is 6.07 Å². The van der Waals surface area contributed by atoms with Crippen molar-refractivity contribution < 1.29 is 9.18 Å². The number of aromatic nitrogens is 4. The van der Waals surface area contributed by atoms with Gasteiger partial charge in [-0.1, -0.05) is 35.9 Å². The molecule has 2 aromatic heterocycles. The number of hydrogen-bond donors (Lipinski definition) is 1. The summed E-state index contributed by atoms with van der Waals surface area (Å²) in [7, 11) is 0. The van der Waals surface area contributed by atoms with Crippen molar-refractivity contribution in [3.05, 3.63) is 78.1 Å². The first-order chi connectivity index (χ1) is 16.1. The Bertz CT molecular complexity index is 1290. The summed E-state index contributed by atoms with van der Waals surface area (Å²) in [5, 5.41) is 11.1. The first-order valence-electron chi connectivity index (χ1n) is 11.1. The zero-order valence-corrected chi connectivity index (χ0v) is 18.4. The number of anilines is 1. The summed E-state index contributed by atoms with van der Waals surface area (Å²) in [6.07, 6.45) is 7.18. The predicted molar refractivity (Wildman–Crippen MR) is 125 cm³/mol. The third-order valence-electron chi connectivity index (χ3n) is 6.17. The van der Waals surface area contributed by atoms with Crippen LogP contribution in [0.25, 0.3) is 16.8 Å². The zero-order chi connectivity index (χ0) is 22.8. The van der Waals surface area contributed by atoms with Gasteiger partial charge in [0.25, 0.3) is 5.91 Å². The number of amides is 1. The summed E-state index contributed by atoms with van der Waals surface area (Å²) in [6.45, 7) is 4.10. The van der Waals surface area contributed by atoms with Crippen molar-refractivity contribution >= 4 is 17.4 Å². The maximum atomic E-state index is 14.7. The molecule has 0 radical (unpaired) electrons. The number of fused-ring (bicyclic) bond motifs is 1. The third-order valence-corrected chi connectivity index (χ3v) is 6.17. The van der Waals surface area contributed by atoms with E-state index in [-0.39, 0.29) is 11.5 Å². The normalized spacial score (nSPS) is 16.2. The van der Waals surface area contributed by atoms with E-state index in [2.05, 4.69) is 25.4 Å². The molecule has 1 atom stereocenters. The van der Waals surface area contributed by atoms with Crippen LogP contribution in [0.4, 0.5) is 10.2 Å². The molecule has 0 spiro atoms. The summed E-state index contributed by atoms with van der Waals surface area (Å²) in [4.78, 5) is 19.4. The lowest BCUT2D eigenvalue weighted by atomic mass is 9.97. The average molecular weight is 445 g/mol. The van der Waals surface area contributed by atoms with Gasteiger partial charge in [-0.05, 0) is 48.9 Å². The summed E-state index contributed by atoms with van der Waals surface area (Å²) >= 11 is 0. The van der Waals surface area contributed by atoms with Gasteiger partial charge in [-0.2, -0.15) is 0 Å². The molecule has 1 amide bonds. The van der Waals surface area contributed by atoms with Gasteiger partial charge in [0.15, 0.2) is 5.82 Å². The topological polar surface area (TPSA) is 75.4 Å². The molecule has 0 unspecified atom stereocenters. The van der Waals surface area contributed by atoms with E-state index >= 15 is 0 Å². The Kier molecular flexibility index (Phi) is 5.73. The molecule has 168 valence electrons. The Balaban J connectivity index is 1.23. The highest BCUT2D eigenvalue weighted by molar-refractivity contribution is 5.95. The third kappa shape index (κ3) is 4.41. The quantitative estimate of drug-likeness (QED) is 0.506. The van der Waals surface area contributed by atoms with Crippen molar-refractivity contribution in [3.63, 3.8) is 0 Å². The molecule has 33 heavy (non-hydrogen) atoms. The van der Waals surface area contributed by atoms with Gasteiger partial charge in [-0.3, -0.25) is 9.20 Å².